The highest BCUT2D eigenvalue weighted by molar-refractivity contribution is 5.91. The number of nitrogens with one attached hydrogen (secondary N) is 1. The molecule has 1 fully saturated rings. The average Bonchev–Trinajstić information content (AvgIpc) is 2.30. The van der Waals surface area contributed by atoms with Crippen molar-refractivity contribution in [2.24, 2.45) is 10.9 Å². The Morgan fingerprint density at radius 1 is 1.33 bits per heavy atom. The standard InChI is InChI=1S/C9H14N2O/c12-9-7-4-2-1-3-5-8(7)10-6-11-9/h6-8H,1-5H2,(H,10,11,12)/t7-,8-/m1/s1. The van der Waals surface area contributed by atoms with E-state index < -0.39 is 0 Å². The molecule has 1 N–H and O–H groups in total. The van der Waals surface area contributed by atoms with Gasteiger partial charge in [0.05, 0.1) is 18.3 Å². The molecule has 12 heavy (non-hydrogen) atoms. The molecule has 1 aliphatic heterocycles. The smallest absolute Gasteiger partial charge is 0.230 e. The first-order valence-corrected chi connectivity index (χ1v) is 4.70. The third-order valence-electron chi connectivity index (χ3n) is 2.79. The maximum Gasteiger partial charge on any atom is 0.230 e. The fourth-order valence-corrected chi connectivity index (χ4v) is 2.08. The van der Waals surface area contributed by atoms with Crippen LogP contribution in [-0.4, -0.2) is 18.3 Å². The van der Waals surface area contributed by atoms with Gasteiger partial charge in [-0.1, -0.05) is 19.3 Å². The summed E-state index contributed by atoms with van der Waals surface area (Å²) >= 11 is 0. The van der Waals surface area contributed by atoms with E-state index in [1.54, 1.807) is 6.34 Å². The molecule has 2 rings (SSSR count). The molecule has 1 heterocycles. The van der Waals surface area contributed by atoms with Crippen molar-refractivity contribution < 1.29 is 4.79 Å². The lowest BCUT2D eigenvalue weighted by molar-refractivity contribution is -0.124. The van der Waals surface area contributed by atoms with Crippen molar-refractivity contribution >= 4 is 12.2 Å². The lowest BCUT2D eigenvalue weighted by atomic mass is 9.93. The van der Waals surface area contributed by atoms with E-state index in [1.807, 2.05) is 0 Å². The second-order valence-electron chi connectivity index (χ2n) is 3.60. The molecular weight excluding hydrogens is 152 g/mol. The molecule has 2 atom stereocenters. The van der Waals surface area contributed by atoms with Crippen LogP contribution in [0.4, 0.5) is 0 Å². The first kappa shape index (κ1) is 7.77. The SMILES string of the molecule is O=C1NC=N[C@@H]2CCCCC[C@@H]12. The summed E-state index contributed by atoms with van der Waals surface area (Å²) in [6, 6.07) is 0.279. The van der Waals surface area contributed by atoms with Gasteiger partial charge in [-0.05, 0) is 12.8 Å². The molecule has 0 aromatic heterocycles. The maximum atomic E-state index is 11.4. The molecule has 1 aliphatic carbocycles. The number of fused-ring (bicyclic) bond motifs is 1. The number of hydrogen-bond acceptors (Lipinski definition) is 2. The number of amides is 1. The Labute approximate surface area is 72.3 Å². The summed E-state index contributed by atoms with van der Waals surface area (Å²) in [6.45, 7) is 0. The summed E-state index contributed by atoms with van der Waals surface area (Å²) < 4.78 is 0. The summed E-state index contributed by atoms with van der Waals surface area (Å²) in [5, 5.41) is 2.68. The van der Waals surface area contributed by atoms with Crippen molar-refractivity contribution in [1.29, 1.82) is 0 Å². The van der Waals surface area contributed by atoms with E-state index in [4.69, 9.17) is 0 Å². The van der Waals surface area contributed by atoms with Crippen LogP contribution in [0.5, 0.6) is 0 Å². The van der Waals surface area contributed by atoms with Crippen LogP contribution in [0.25, 0.3) is 0 Å². The first-order chi connectivity index (χ1) is 5.88. The number of aliphatic imine (C=N–C) groups is 1. The summed E-state index contributed by atoms with van der Waals surface area (Å²) in [6.07, 6.45) is 7.35. The zero-order valence-electron chi connectivity index (χ0n) is 7.12. The molecule has 0 radical (unpaired) electrons. The van der Waals surface area contributed by atoms with Gasteiger partial charge in [-0.25, -0.2) is 0 Å². The minimum atomic E-state index is 0.164. The second kappa shape index (κ2) is 3.25. The molecule has 2 aliphatic rings. The topological polar surface area (TPSA) is 41.5 Å². The second-order valence-corrected chi connectivity index (χ2v) is 3.60. The fourth-order valence-electron chi connectivity index (χ4n) is 2.08. The van der Waals surface area contributed by atoms with Crippen molar-refractivity contribution in [1.82, 2.24) is 5.32 Å². The number of hydrogen-bond donors (Lipinski definition) is 1. The normalized spacial score (nSPS) is 35.2. The van der Waals surface area contributed by atoms with Crippen LogP contribution in [0.2, 0.25) is 0 Å². The molecular formula is C9H14N2O. The summed E-state index contributed by atoms with van der Waals surface area (Å²) in [7, 11) is 0. The molecule has 0 saturated heterocycles. The molecule has 0 spiro atoms. The van der Waals surface area contributed by atoms with Crippen molar-refractivity contribution in [3.05, 3.63) is 0 Å². The number of carbonyl (C=O) groups excluding carboxylic acids is 1. The van der Waals surface area contributed by atoms with Crippen molar-refractivity contribution in [3.63, 3.8) is 0 Å². The van der Waals surface area contributed by atoms with Crippen LogP contribution in [-0.2, 0) is 4.79 Å². The minimum absolute atomic E-state index is 0.164. The Morgan fingerprint density at radius 2 is 2.17 bits per heavy atom. The Hall–Kier alpha value is -0.860. The van der Waals surface area contributed by atoms with E-state index in [0.717, 1.165) is 12.8 Å². The lowest BCUT2D eigenvalue weighted by Crippen LogP contribution is -2.40. The molecule has 0 bridgehead atoms. The average molecular weight is 166 g/mol. The first-order valence-electron chi connectivity index (χ1n) is 4.70. The Bertz CT molecular complexity index is 213. The van der Waals surface area contributed by atoms with Gasteiger partial charge in [-0.2, -0.15) is 0 Å². The maximum absolute atomic E-state index is 11.4. The fraction of sp³-hybridized carbons (Fsp3) is 0.778. The quantitative estimate of drug-likeness (QED) is 0.575. The summed E-state index contributed by atoms with van der Waals surface area (Å²) in [4.78, 5) is 15.7. The minimum Gasteiger partial charge on any atom is -0.317 e. The third kappa shape index (κ3) is 1.36. The van der Waals surface area contributed by atoms with Crippen molar-refractivity contribution in [2.45, 2.75) is 38.1 Å². The molecule has 3 nitrogen and oxygen atoms in total. The Balaban J connectivity index is 2.14. The monoisotopic (exact) mass is 166 g/mol. The van der Waals surface area contributed by atoms with Crippen LogP contribution in [0.15, 0.2) is 4.99 Å². The summed E-state index contributed by atoms with van der Waals surface area (Å²) in [5.41, 5.74) is 0. The highest BCUT2D eigenvalue weighted by Gasteiger charge is 2.30. The largest absolute Gasteiger partial charge is 0.317 e. The van der Waals surface area contributed by atoms with E-state index >= 15 is 0 Å². The van der Waals surface area contributed by atoms with Gasteiger partial charge in [-0.15, -0.1) is 0 Å². The molecule has 0 aromatic rings. The molecule has 3 heteroatoms. The number of nitrogens with zero attached hydrogens (tertiary/aromatic N) is 1. The van der Waals surface area contributed by atoms with Gasteiger partial charge < -0.3 is 5.32 Å². The predicted octanol–water partition coefficient (Wildman–Crippen LogP) is 1.09. The van der Waals surface area contributed by atoms with E-state index in [1.165, 1.54) is 19.3 Å². The zero-order valence-corrected chi connectivity index (χ0v) is 7.12. The van der Waals surface area contributed by atoms with Gasteiger partial charge in [0.15, 0.2) is 0 Å². The van der Waals surface area contributed by atoms with Gasteiger partial charge in [-0.3, -0.25) is 9.79 Å². The Kier molecular flexibility index (Phi) is 2.11. The van der Waals surface area contributed by atoms with Crippen LogP contribution in [0, 0.1) is 5.92 Å². The van der Waals surface area contributed by atoms with Gasteiger partial charge in [0.25, 0.3) is 0 Å². The third-order valence-corrected chi connectivity index (χ3v) is 2.79. The Morgan fingerprint density at radius 3 is 3.08 bits per heavy atom. The highest BCUT2D eigenvalue weighted by atomic mass is 16.2. The van der Waals surface area contributed by atoms with Crippen molar-refractivity contribution in [2.75, 3.05) is 0 Å². The predicted molar refractivity (Wildman–Crippen MR) is 47.0 cm³/mol. The molecule has 66 valence electrons. The van der Waals surface area contributed by atoms with Gasteiger partial charge >= 0.3 is 0 Å². The highest BCUT2D eigenvalue weighted by Crippen LogP contribution is 2.26. The van der Waals surface area contributed by atoms with Gasteiger partial charge in [0.2, 0.25) is 5.91 Å². The summed E-state index contributed by atoms with van der Waals surface area (Å²) in [5.74, 6) is 0.342. The van der Waals surface area contributed by atoms with Crippen molar-refractivity contribution in [3.8, 4) is 0 Å². The van der Waals surface area contributed by atoms with Gasteiger partial charge in [0, 0.05) is 0 Å². The van der Waals surface area contributed by atoms with Gasteiger partial charge in [0.1, 0.15) is 0 Å². The molecule has 0 unspecified atom stereocenters. The van der Waals surface area contributed by atoms with E-state index in [0.29, 0.717) is 0 Å². The molecule has 0 aromatic carbocycles. The molecule has 1 amide bonds. The van der Waals surface area contributed by atoms with Crippen LogP contribution >= 0.6 is 0 Å². The van der Waals surface area contributed by atoms with E-state index in [2.05, 4.69) is 10.3 Å². The lowest BCUT2D eigenvalue weighted by Gasteiger charge is -2.23. The van der Waals surface area contributed by atoms with E-state index in [9.17, 15) is 4.79 Å². The van der Waals surface area contributed by atoms with Crippen LogP contribution in [0.1, 0.15) is 32.1 Å². The van der Waals surface area contributed by atoms with E-state index in [-0.39, 0.29) is 17.9 Å². The number of rotatable bonds is 0. The zero-order chi connectivity index (χ0) is 8.39. The number of carbonyl (C=O) groups is 1. The van der Waals surface area contributed by atoms with Crippen LogP contribution < -0.4 is 5.32 Å². The van der Waals surface area contributed by atoms with Crippen LogP contribution in [0.3, 0.4) is 0 Å². The molecule has 1 saturated carbocycles.